The maximum Gasteiger partial charge on any atom is 0.223 e. The van der Waals surface area contributed by atoms with Gasteiger partial charge >= 0.3 is 0 Å². The lowest BCUT2D eigenvalue weighted by atomic mass is 10.1. The van der Waals surface area contributed by atoms with E-state index in [4.69, 9.17) is 4.42 Å². The molecule has 142 valence electrons. The molecule has 1 aliphatic rings. The van der Waals surface area contributed by atoms with E-state index in [1.165, 1.54) is 0 Å². The van der Waals surface area contributed by atoms with E-state index in [2.05, 4.69) is 15.1 Å². The van der Waals surface area contributed by atoms with Crippen LogP contribution in [0.1, 0.15) is 35.6 Å². The summed E-state index contributed by atoms with van der Waals surface area (Å²) in [7, 11) is 0. The van der Waals surface area contributed by atoms with Crippen molar-refractivity contribution in [3.05, 3.63) is 41.1 Å². The minimum atomic E-state index is 0.120. The molecule has 2 aromatic rings. The third-order valence-corrected chi connectivity index (χ3v) is 5.23. The Morgan fingerprint density at radius 1 is 1.42 bits per heavy atom. The third-order valence-electron chi connectivity index (χ3n) is 5.23. The molecule has 0 aliphatic carbocycles. The summed E-state index contributed by atoms with van der Waals surface area (Å²) in [5.41, 5.74) is 3.15. The molecule has 3 heterocycles. The van der Waals surface area contributed by atoms with Crippen LogP contribution in [-0.4, -0.2) is 63.3 Å². The van der Waals surface area contributed by atoms with Gasteiger partial charge in [0, 0.05) is 44.4 Å². The summed E-state index contributed by atoms with van der Waals surface area (Å²) >= 11 is 0. The maximum atomic E-state index is 12.7. The lowest BCUT2D eigenvalue weighted by Crippen LogP contribution is -2.54. The molecule has 3 rings (SSSR count). The number of rotatable bonds is 7. The monoisotopic (exact) mass is 360 g/mol. The molecule has 0 unspecified atom stereocenters. The standard InChI is InChI=1S/C19H28N4O3/c1-14-18(15(2)21-20-14)5-6-19(25)23-9-8-22(16(12-23)7-10-24)13-17-4-3-11-26-17/h3-4,11,16,24H,5-10,12-13H2,1-2H3,(H,20,21)/t16-/m0/s1. The van der Waals surface area contributed by atoms with Gasteiger partial charge in [0.25, 0.3) is 0 Å². The number of aliphatic hydroxyl groups is 1. The molecule has 0 bridgehead atoms. The van der Waals surface area contributed by atoms with Crippen LogP contribution in [0.4, 0.5) is 0 Å². The fourth-order valence-electron chi connectivity index (χ4n) is 3.69. The topological polar surface area (TPSA) is 85.6 Å². The van der Waals surface area contributed by atoms with Gasteiger partial charge in [0.2, 0.25) is 5.91 Å². The SMILES string of the molecule is Cc1n[nH]c(C)c1CCC(=O)N1CCN(Cc2ccco2)[C@@H](CCO)C1. The third kappa shape index (κ3) is 4.34. The smallest absolute Gasteiger partial charge is 0.223 e. The zero-order valence-electron chi connectivity index (χ0n) is 15.6. The number of carbonyl (C=O) groups excluding carboxylic acids is 1. The Hall–Kier alpha value is -2.12. The lowest BCUT2D eigenvalue weighted by molar-refractivity contribution is -0.134. The highest BCUT2D eigenvalue weighted by Gasteiger charge is 2.29. The van der Waals surface area contributed by atoms with Gasteiger partial charge in [-0.1, -0.05) is 0 Å². The van der Waals surface area contributed by atoms with Crippen molar-refractivity contribution in [1.82, 2.24) is 20.0 Å². The number of aromatic nitrogens is 2. The summed E-state index contributed by atoms with van der Waals surface area (Å²) in [6.45, 7) is 6.95. The number of amides is 1. The van der Waals surface area contributed by atoms with Crippen molar-refractivity contribution in [2.45, 2.75) is 45.7 Å². The minimum absolute atomic E-state index is 0.120. The fourth-order valence-corrected chi connectivity index (χ4v) is 3.69. The first-order chi connectivity index (χ1) is 12.6. The number of aromatic amines is 1. The van der Waals surface area contributed by atoms with Gasteiger partial charge in [-0.3, -0.25) is 14.8 Å². The molecular formula is C19H28N4O3. The van der Waals surface area contributed by atoms with Gasteiger partial charge in [0.1, 0.15) is 5.76 Å². The van der Waals surface area contributed by atoms with Crippen LogP contribution < -0.4 is 0 Å². The lowest BCUT2D eigenvalue weighted by Gasteiger charge is -2.41. The number of nitrogens with one attached hydrogen (secondary N) is 1. The molecule has 0 radical (unpaired) electrons. The maximum absolute atomic E-state index is 12.7. The second-order valence-electron chi connectivity index (χ2n) is 6.97. The Bertz CT molecular complexity index is 691. The molecule has 1 fully saturated rings. The van der Waals surface area contributed by atoms with Crippen molar-refractivity contribution < 1.29 is 14.3 Å². The summed E-state index contributed by atoms with van der Waals surface area (Å²) in [6.07, 6.45) is 3.54. The van der Waals surface area contributed by atoms with Crippen LogP contribution >= 0.6 is 0 Å². The highest BCUT2D eigenvalue weighted by atomic mass is 16.3. The average molecular weight is 360 g/mol. The molecule has 1 atom stereocenters. The van der Waals surface area contributed by atoms with Gasteiger partial charge in [0.15, 0.2) is 0 Å². The molecule has 1 saturated heterocycles. The number of H-pyrrole nitrogens is 1. The van der Waals surface area contributed by atoms with Crippen molar-refractivity contribution in [3.8, 4) is 0 Å². The molecular weight excluding hydrogens is 332 g/mol. The average Bonchev–Trinajstić information content (AvgIpc) is 3.25. The summed E-state index contributed by atoms with van der Waals surface area (Å²) in [6, 6.07) is 4.00. The molecule has 0 spiro atoms. The van der Waals surface area contributed by atoms with Crippen LogP contribution in [0.25, 0.3) is 0 Å². The second kappa shape index (κ2) is 8.51. The van der Waals surface area contributed by atoms with E-state index in [0.717, 1.165) is 29.3 Å². The van der Waals surface area contributed by atoms with Gasteiger partial charge in [-0.2, -0.15) is 5.10 Å². The van der Waals surface area contributed by atoms with Crippen LogP contribution in [0, 0.1) is 13.8 Å². The van der Waals surface area contributed by atoms with Gasteiger partial charge in [0.05, 0.1) is 18.5 Å². The largest absolute Gasteiger partial charge is 0.468 e. The number of furan rings is 1. The Morgan fingerprint density at radius 3 is 2.92 bits per heavy atom. The van der Waals surface area contributed by atoms with E-state index in [1.807, 2.05) is 30.9 Å². The predicted molar refractivity (Wildman–Crippen MR) is 97.6 cm³/mol. The highest BCUT2D eigenvalue weighted by molar-refractivity contribution is 5.76. The Balaban J connectivity index is 1.56. The van der Waals surface area contributed by atoms with E-state index in [1.54, 1.807) is 6.26 Å². The Morgan fingerprint density at radius 2 is 2.27 bits per heavy atom. The van der Waals surface area contributed by atoms with Crippen molar-refractivity contribution in [3.63, 3.8) is 0 Å². The molecule has 1 amide bonds. The molecule has 0 saturated carbocycles. The number of carbonyl (C=O) groups is 1. The van der Waals surface area contributed by atoms with Crippen molar-refractivity contribution in [2.75, 3.05) is 26.2 Å². The van der Waals surface area contributed by atoms with Crippen molar-refractivity contribution >= 4 is 5.91 Å². The Labute approximate surface area is 154 Å². The molecule has 26 heavy (non-hydrogen) atoms. The normalized spacial score (nSPS) is 18.4. The first kappa shape index (κ1) is 18.7. The molecule has 0 aromatic carbocycles. The minimum Gasteiger partial charge on any atom is -0.468 e. The molecule has 2 aromatic heterocycles. The zero-order valence-corrected chi connectivity index (χ0v) is 15.6. The van der Waals surface area contributed by atoms with Gasteiger partial charge in [-0.25, -0.2) is 0 Å². The number of aliphatic hydroxyl groups excluding tert-OH is 1. The number of piperazine rings is 1. The molecule has 1 aliphatic heterocycles. The highest BCUT2D eigenvalue weighted by Crippen LogP contribution is 2.19. The fraction of sp³-hybridized carbons (Fsp3) is 0.579. The summed E-state index contributed by atoms with van der Waals surface area (Å²) < 4.78 is 5.45. The quantitative estimate of drug-likeness (QED) is 0.784. The van der Waals surface area contributed by atoms with E-state index >= 15 is 0 Å². The number of nitrogens with zero attached hydrogens (tertiary/aromatic N) is 3. The first-order valence-corrected chi connectivity index (χ1v) is 9.24. The summed E-state index contributed by atoms with van der Waals surface area (Å²) in [5.74, 6) is 1.09. The van der Waals surface area contributed by atoms with Crippen molar-refractivity contribution in [1.29, 1.82) is 0 Å². The van der Waals surface area contributed by atoms with E-state index in [-0.39, 0.29) is 18.6 Å². The van der Waals surface area contributed by atoms with E-state index in [0.29, 0.717) is 38.9 Å². The van der Waals surface area contributed by atoms with Crippen LogP contribution in [0.5, 0.6) is 0 Å². The number of aryl methyl sites for hydroxylation is 2. The molecule has 7 nitrogen and oxygen atoms in total. The number of hydrogen-bond acceptors (Lipinski definition) is 5. The van der Waals surface area contributed by atoms with Crippen LogP contribution in [-0.2, 0) is 17.8 Å². The van der Waals surface area contributed by atoms with Crippen LogP contribution in [0.3, 0.4) is 0 Å². The summed E-state index contributed by atoms with van der Waals surface area (Å²) in [4.78, 5) is 16.9. The van der Waals surface area contributed by atoms with E-state index in [9.17, 15) is 9.90 Å². The predicted octanol–water partition coefficient (Wildman–Crippen LogP) is 1.65. The van der Waals surface area contributed by atoms with Crippen LogP contribution in [0.2, 0.25) is 0 Å². The summed E-state index contributed by atoms with van der Waals surface area (Å²) in [5, 5.41) is 16.6. The van der Waals surface area contributed by atoms with E-state index < -0.39 is 0 Å². The second-order valence-corrected chi connectivity index (χ2v) is 6.97. The van der Waals surface area contributed by atoms with Gasteiger partial charge in [-0.05, 0) is 44.4 Å². The van der Waals surface area contributed by atoms with Gasteiger partial charge in [-0.15, -0.1) is 0 Å². The van der Waals surface area contributed by atoms with Crippen molar-refractivity contribution in [2.24, 2.45) is 0 Å². The molecule has 7 heteroatoms. The Kier molecular flexibility index (Phi) is 6.11. The molecule has 2 N–H and O–H groups in total. The van der Waals surface area contributed by atoms with Gasteiger partial charge < -0.3 is 14.4 Å². The first-order valence-electron chi connectivity index (χ1n) is 9.24. The number of hydrogen-bond donors (Lipinski definition) is 2. The van der Waals surface area contributed by atoms with Crippen LogP contribution in [0.15, 0.2) is 22.8 Å². The zero-order chi connectivity index (χ0) is 18.5.